The molecule has 1 heterocycles. The van der Waals surface area contributed by atoms with Gasteiger partial charge >= 0.3 is 0 Å². The summed E-state index contributed by atoms with van der Waals surface area (Å²) in [5.41, 5.74) is 2.39. The molecule has 0 radical (unpaired) electrons. The van der Waals surface area contributed by atoms with Gasteiger partial charge in [0.2, 0.25) is 0 Å². The molecule has 7 heteroatoms. The fourth-order valence-corrected chi connectivity index (χ4v) is 2.40. The maximum absolute atomic E-state index is 13.0. The number of methoxy groups -OCH3 is 1. The van der Waals surface area contributed by atoms with E-state index < -0.39 is 0 Å². The van der Waals surface area contributed by atoms with Gasteiger partial charge in [0.1, 0.15) is 29.5 Å². The van der Waals surface area contributed by atoms with E-state index in [9.17, 15) is 4.39 Å². The number of hydrogen-bond donors (Lipinski definition) is 2. The maximum atomic E-state index is 13.0. The molecule has 0 bridgehead atoms. The Kier molecular flexibility index (Phi) is 5.00. The quantitative estimate of drug-likeness (QED) is 0.666. The molecule has 0 aliphatic heterocycles. The van der Waals surface area contributed by atoms with Gasteiger partial charge in [-0.1, -0.05) is 11.6 Å². The van der Waals surface area contributed by atoms with E-state index in [1.165, 1.54) is 18.5 Å². The molecule has 0 saturated carbocycles. The van der Waals surface area contributed by atoms with Gasteiger partial charge in [0, 0.05) is 22.8 Å². The zero-order valence-corrected chi connectivity index (χ0v) is 14.4. The molecule has 2 N–H and O–H groups in total. The van der Waals surface area contributed by atoms with Crippen molar-refractivity contribution in [2.45, 2.75) is 6.92 Å². The van der Waals surface area contributed by atoms with Gasteiger partial charge in [-0.25, -0.2) is 14.4 Å². The fraction of sp³-hybridized carbons (Fsp3) is 0.111. The van der Waals surface area contributed by atoms with E-state index in [0.29, 0.717) is 22.4 Å². The topological polar surface area (TPSA) is 59.1 Å². The van der Waals surface area contributed by atoms with Gasteiger partial charge < -0.3 is 15.4 Å². The molecule has 0 aliphatic rings. The molecule has 3 rings (SSSR count). The van der Waals surface area contributed by atoms with Crippen LogP contribution in [-0.2, 0) is 0 Å². The second kappa shape index (κ2) is 7.36. The normalized spacial score (nSPS) is 10.4. The second-order valence-corrected chi connectivity index (χ2v) is 5.75. The molecule has 3 aromatic rings. The van der Waals surface area contributed by atoms with Crippen molar-refractivity contribution in [3.8, 4) is 5.75 Å². The summed E-state index contributed by atoms with van der Waals surface area (Å²) in [7, 11) is 1.58. The zero-order valence-electron chi connectivity index (χ0n) is 13.7. The molecule has 128 valence electrons. The number of anilines is 4. The summed E-state index contributed by atoms with van der Waals surface area (Å²) in [6.07, 6.45) is 1.43. The summed E-state index contributed by atoms with van der Waals surface area (Å²) < 4.78 is 18.3. The lowest BCUT2D eigenvalue weighted by Crippen LogP contribution is -2.00. The summed E-state index contributed by atoms with van der Waals surface area (Å²) in [5.74, 6) is 1.48. The number of hydrogen-bond acceptors (Lipinski definition) is 5. The van der Waals surface area contributed by atoms with E-state index in [1.807, 2.05) is 13.0 Å². The Bertz CT molecular complexity index is 887. The molecular weight excluding hydrogens is 343 g/mol. The van der Waals surface area contributed by atoms with E-state index in [0.717, 1.165) is 16.9 Å². The summed E-state index contributed by atoms with van der Waals surface area (Å²) in [5, 5.41) is 6.92. The Morgan fingerprint density at radius 2 is 1.68 bits per heavy atom. The zero-order chi connectivity index (χ0) is 17.8. The van der Waals surface area contributed by atoms with Crippen molar-refractivity contribution in [1.29, 1.82) is 0 Å². The van der Waals surface area contributed by atoms with Crippen LogP contribution < -0.4 is 15.4 Å². The number of halogens is 2. The molecule has 0 aliphatic carbocycles. The van der Waals surface area contributed by atoms with Crippen LogP contribution in [0.25, 0.3) is 0 Å². The van der Waals surface area contributed by atoms with Crippen LogP contribution >= 0.6 is 11.6 Å². The first-order valence-corrected chi connectivity index (χ1v) is 7.89. The van der Waals surface area contributed by atoms with Gasteiger partial charge in [-0.15, -0.1) is 0 Å². The SMILES string of the molecule is COc1cc(Cl)c(C)cc1Nc1cc(Nc2ccc(F)cc2)ncn1. The number of ether oxygens (including phenoxy) is 1. The first kappa shape index (κ1) is 17.0. The van der Waals surface area contributed by atoms with Crippen LogP contribution in [0, 0.1) is 12.7 Å². The van der Waals surface area contributed by atoms with Gasteiger partial charge in [-0.05, 0) is 42.8 Å². The van der Waals surface area contributed by atoms with Crippen LogP contribution in [0.15, 0.2) is 48.8 Å². The molecule has 0 amide bonds. The number of rotatable bonds is 5. The molecule has 1 aromatic heterocycles. The Morgan fingerprint density at radius 1 is 1.00 bits per heavy atom. The average Bonchev–Trinajstić information content (AvgIpc) is 2.60. The summed E-state index contributed by atoms with van der Waals surface area (Å²) in [6, 6.07) is 11.4. The Morgan fingerprint density at radius 3 is 2.36 bits per heavy atom. The fourth-order valence-electron chi connectivity index (χ4n) is 2.24. The number of nitrogens with zero attached hydrogens (tertiary/aromatic N) is 2. The van der Waals surface area contributed by atoms with Crippen LogP contribution in [0.1, 0.15) is 5.56 Å². The standard InChI is InChI=1S/C18H16ClFN4O/c1-11-7-15(16(25-2)8-14(11)19)24-18-9-17(21-10-22-18)23-13-5-3-12(20)4-6-13/h3-10H,1-2H3,(H2,21,22,23,24). The number of aryl methyl sites for hydroxylation is 1. The molecule has 2 aromatic carbocycles. The highest BCUT2D eigenvalue weighted by atomic mass is 35.5. The van der Waals surface area contributed by atoms with E-state index in [-0.39, 0.29) is 5.82 Å². The lowest BCUT2D eigenvalue weighted by Gasteiger charge is -2.13. The smallest absolute Gasteiger partial charge is 0.143 e. The van der Waals surface area contributed by atoms with Crippen LogP contribution in [-0.4, -0.2) is 17.1 Å². The third-order valence-corrected chi connectivity index (χ3v) is 3.93. The van der Waals surface area contributed by atoms with Crippen LogP contribution in [0.2, 0.25) is 5.02 Å². The van der Waals surface area contributed by atoms with E-state index in [4.69, 9.17) is 16.3 Å². The lowest BCUT2D eigenvalue weighted by molar-refractivity contribution is 0.416. The van der Waals surface area contributed by atoms with E-state index in [1.54, 1.807) is 31.4 Å². The molecule has 0 atom stereocenters. The monoisotopic (exact) mass is 358 g/mol. The Labute approximate surface area is 149 Å². The van der Waals surface area contributed by atoms with Gasteiger partial charge in [-0.3, -0.25) is 0 Å². The predicted molar refractivity (Wildman–Crippen MR) is 97.7 cm³/mol. The molecule has 0 spiro atoms. The van der Waals surface area contributed by atoms with Crippen molar-refractivity contribution in [1.82, 2.24) is 9.97 Å². The van der Waals surface area contributed by atoms with Gasteiger partial charge in [-0.2, -0.15) is 0 Å². The first-order chi connectivity index (χ1) is 12.0. The highest BCUT2D eigenvalue weighted by Gasteiger charge is 2.09. The molecule has 0 fully saturated rings. The first-order valence-electron chi connectivity index (χ1n) is 7.51. The Balaban J connectivity index is 1.82. The molecule has 0 unspecified atom stereocenters. The molecule has 0 saturated heterocycles. The Hall–Kier alpha value is -2.86. The van der Waals surface area contributed by atoms with Crippen LogP contribution in [0.3, 0.4) is 0 Å². The molecule has 25 heavy (non-hydrogen) atoms. The molecule has 5 nitrogen and oxygen atoms in total. The van der Waals surface area contributed by atoms with Gasteiger partial charge in [0.25, 0.3) is 0 Å². The minimum atomic E-state index is -0.291. The van der Waals surface area contributed by atoms with Gasteiger partial charge in [0.15, 0.2) is 0 Å². The molecular formula is C18H16ClFN4O. The predicted octanol–water partition coefficient (Wildman–Crippen LogP) is 5.07. The average molecular weight is 359 g/mol. The van der Waals surface area contributed by atoms with Crippen molar-refractivity contribution in [2.24, 2.45) is 0 Å². The minimum absolute atomic E-state index is 0.291. The van der Waals surface area contributed by atoms with Gasteiger partial charge in [0.05, 0.1) is 12.8 Å². The minimum Gasteiger partial charge on any atom is -0.495 e. The van der Waals surface area contributed by atoms with Crippen LogP contribution in [0.4, 0.5) is 27.4 Å². The highest BCUT2D eigenvalue weighted by Crippen LogP contribution is 2.33. The lowest BCUT2D eigenvalue weighted by atomic mass is 10.2. The van der Waals surface area contributed by atoms with Crippen LogP contribution in [0.5, 0.6) is 5.75 Å². The highest BCUT2D eigenvalue weighted by molar-refractivity contribution is 6.31. The number of benzene rings is 2. The van der Waals surface area contributed by atoms with E-state index >= 15 is 0 Å². The third kappa shape index (κ3) is 4.16. The summed E-state index contributed by atoms with van der Waals surface area (Å²) in [4.78, 5) is 8.37. The van der Waals surface area contributed by atoms with Crippen molar-refractivity contribution in [3.05, 3.63) is 65.2 Å². The van der Waals surface area contributed by atoms with Crippen molar-refractivity contribution in [3.63, 3.8) is 0 Å². The number of nitrogens with one attached hydrogen (secondary N) is 2. The van der Waals surface area contributed by atoms with E-state index in [2.05, 4.69) is 20.6 Å². The third-order valence-electron chi connectivity index (χ3n) is 3.53. The largest absolute Gasteiger partial charge is 0.495 e. The summed E-state index contributed by atoms with van der Waals surface area (Å²) >= 11 is 6.12. The van der Waals surface area contributed by atoms with Crippen molar-refractivity contribution in [2.75, 3.05) is 17.7 Å². The maximum Gasteiger partial charge on any atom is 0.143 e. The number of aromatic nitrogens is 2. The summed E-state index contributed by atoms with van der Waals surface area (Å²) in [6.45, 7) is 1.91. The second-order valence-electron chi connectivity index (χ2n) is 5.35. The van der Waals surface area contributed by atoms with Crippen molar-refractivity contribution < 1.29 is 9.13 Å². The van der Waals surface area contributed by atoms with Crippen molar-refractivity contribution >= 4 is 34.6 Å².